The van der Waals surface area contributed by atoms with Crippen LogP contribution in [0.5, 0.6) is 0 Å². The number of hydrogen-bond acceptors (Lipinski definition) is 2. The molecule has 110 valence electrons. The second-order valence-corrected chi connectivity index (χ2v) is 4.95. The highest BCUT2D eigenvalue weighted by molar-refractivity contribution is 5.92. The zero-order valence-electron chi connectivity index (χ0n) is 11.9. The van der Waals surface area contributed by atoms with E-state index in [9.17, 15) is 9.59 Å². The summed E-state index contributed by atoms with van der Waals surface area (Å²) in [6, 6.07) is 3.56. The molecule has 1 aromatic heterocycles. The first-order valence-electron chi connectivity index (χ1n) is 7.18. The van der Waals surface area contributed by atoms with Gasteiger partial charge in [-0.1, -0.05) is 6.92 Å². The molecular formula is C14H22N4O2. The number of rotatable bonds is 3. The topological polar surface area (TPSA) is 68.4 Å². The van der Waals surface area contributed by atoms with Crippen molar-refractivity contribution in [3.63, 3.8) is 0 Å². The Morgan fingerprint density at radius 3 is 2.70 bits per heavy atom. The molecule has 1 fully saturated rings. The molecule has 1 saturated heterocycles. The maximum absolute atomic E-state index is 12.2. The highest BCUT2D eigenvalue weighted by Crippen LogP contribution is 2.08. The number of hydrogen-bond donors (Lipinski definition) is 2. The van der Waals surface area contributed by atoms with E-state index in [1.54, 1.807) is 22.1 Å². The zero-order chi connectivity index (χ0) is 14.4. The van der Waals surface area contributed by atoms with E-state index in [0.717, 1.165) is 12.8 Å². The van der Waals surface area contributed by atoms with Crippen molar-refractivity contribution in [3.05, 3.63) is 24.0 Å². The lowest BCUT2D eigenvalue weighted by Crippen LogP contribution is -2.42. The fourth-order valence-electron chi connectivity index (χ4n) is 2.30. The summed E-state index contributed by atoms with van der Waals surface area (Å²) in [7, 11) is 0. The molecule has 0 spiro atoms. The molecule has 0 unspecified atom stereocenters. The van der Waals surface area contributed by atoms with Crippen molar-refractivity contribution in [3.8, 4) is 0 Å². The van der Waals surface area contributed by atoms with Crippen molar-refractivity contribution >= 4 is 11.9 Å². The molecule has 1 aromatic rings. The Morgan fingerprint density at radius 1 is 1.25 bits per heavy atom. The Bertz CT molecular complexity index is 444. The molecule has 0 atom stereocenters. The number of urea groups is 1. The van der Waals surface area contributed by atoms with Gasteiger partial charge in [-0.05, 0) is 25.0 Å². The van der Waals surface area contributed by atoms with Crippen LogP contribution in [0.2, 0.25) is 0 Å². The van der Waals surface area contributed by atoms with E-state index in [1.807, 2.05) is 13.0 Å². The van der Waals surface area contributed by atoms with Crippen molar-refractivity contribution in [2.45, 2.75) is 19.8 Å². The number of aromatic nitrogens is 1. The summed E-state index contributed by atoms with van der Waals surface area (Å²) < 4.78 is 0. The monoisotopic (exact) mass is 278 g/mol. The van der Waals surface area contributed by atoms with E-state index in [0.29, 0.717) is 38.4 Å². The number of carbonyl (C=O) groups is 2. The van der Waals surface area contributed by atoms with E-state index in [1.165, 1.54) is 0 Å². The predicted molar refractivity (Wildman–Crippen MR) is 76.6 cm³/mol. The molecule has 1 aliphatic heterocycles. The van der Waals surface area contributed by atoms with Crippen molar-refractivity contribution < 1.29 is 9.59 Å². The molecule has 0 aliphatic carbocycles. The van der Waals surface area contributed by atoms with Gasteiger partial charge in [0.05, 0.1) is 0 Å². The smallest absolute Gasteiger partial charge is 0.317 e. The lowest BCUT2D eigenvalue weighted by atomic mass is 10.3. The minimum atomic E-state index is -0.0268. The van der Waals surface area contributed by atoms with Gasteiger partial charge in [0.2, 0.25) is 0 Å². The highest BCUT2D eigenvalue weighted by atomic mass is 16.2. The first-order chi connectivity index (χ1) is 9.72. The number of carbonyl (C=O) groups excluding carboxylic acids is 2. The number of H-pyrrole nitrogens is 1. The second-order valence-electron chi connectivity index (χ2n) is 4.95. The van der Waals surface area contributed by atoms with E-state index in [-0.39, 0.29) is 11.9 Å². The van der Waals surface area contributed by atoms with Crippen LogP contribution >= 0.6 is 0 Å². The average Bonchev–Trinajstić information content (AvgIpc) is 2.88. The summed E-state index contributed by atoms with van der Waals surface area (Å²) in [5, 5.41) is 2.88. The summed E-state index contributed by atoms with van der Waals surface area (Å²) in [4.78, 5) is 30.7. The number of nitrogens with one attached hydrogen (secondary N) is 2. The summed E-state index contributed by atoms with van der Waals surface area (Å²) in [6.07, 6.45) is 3.48. The second kappa shape index (κ2) is 6.98. The van der Waals surface area contributed by atoms with Crippen molar-refractivity contribution in [1.82, 2.24) is 20.1 Å². The zero-order valence-corrected chi connectivity index (χ0v) is 11.9. The molecule has 0 radical (unpaired) electrons. The van der Waals surface area contributed by atoms with Crippen LogP contribution < -0.4 is 5.32 Å². The van der Waals surface area contributed by atoms with Crippen LogP contribution in [0.25, 0.3) is 0 Å². The maximum atomic E-state index is 12.2. The van der Waals surface area contributed by atoms with Gasteiger partial charge in [0, 0.05) is 38.9 Å². The Labute approximate surface area is 119 Å². The predicted octanol–water partition coefficient (Wildman–Crippen LogP) is 1.28. The summed E-state index contributed by atoms with van der Waals surface area (Å²) in [5.74, 6) is 0.00539. The van der Waals surface area contributed by atoms with Gasteiger partial charge in [-0.3, -0.25) is 4.79 Å². The number of aromatic amines is 1. The Morgan fingerprint density at radius 2 is 2.00 bits per heavy atom. The van der Waals surface area contributed by atoms with Crippen molar-refractivity contribution in [2.75, 3.05) is 32.7 Å². The number of amides is 3. The average molecular weight is 278 g/mol. The van der Waals surface area contributed by atoms with Crippen LogP contribution in [-0.4, -0.2) is 59.4 Å². The largest absolute Gasteiger partial charge is 0.357 e. The van der Waals surface area contributed by atoms with Gasteiger partial charge in [-0.2, -0.15) is 0 Å². The van der Waals surface area contributed by atoms with Gasteiger partial charge in [-0.15, -0.1) is 0 Å². The molecule has 0 bridgehead atoms. The summed E-state index contributed by atoms with van der Waals surface area (Å²) in [5.41, 5.74) is 0.605. The molecule has 0 aromatic carbocycles. The third kappa shape index (κ3) is 3.53. The van der Waals surface area contributed by atoms with Crippen LogP contribution in [0.3, 0.4) is 0 Å². The lowest BCUT2D eigenvalue weighted by molar-refractivity contribution is 0.0757. The lowest BCUT2D eigenvalue weighted by Gasteiger charge is -2.22. The van der Waals surface area contributed by atoms with Crippen LogP contribution in [0.15, 0.2) is 18.3 Å². The fraction of sp³-hybridized carbons (Fsp3) is 0.571. The normalized spacial score (nSPS) is 15.8. The van der Waals surface area contributed by atoms with E-state index in [4.69, 9.17) is 0 Å². The fourth-order valence-corrected chi connectivity index (χ4v) is 2.30. The van der Waals surface area contributed by atoms with Gasteiger partial charge >= 0.3 is 6.03 Å². The summed E-state index contributed by atoms with van der Waals surface area (Å²) >= 11 is 0. The van der Waals surface area contributed by atoms with Gasteiger partial charge in [0.1, 0.15) is 5.69 Å². The number of nitrogens with zero attached hydrogens (tertiary/aromatic N) is 2. The molecule has 6 nitrogen and oxygen atoms in total. The molecule has 3 amide bonds. The molecule has 6 heteroatoms. The molecule has 2 heterocycles. The first-order valence-corrected chi connectivity index (χ1v) is 7.18. The van der Waals surface area contributed by atoms with Crippen LogP contribution in [-0.2, 0) is 0 Å². The van der Waals surface area contributed by atoms with Crippen LogP contribution in [0.4, 0.5) is 4.79 Å². The maximum Gasteiger partial charge on any atom is 0.317 e. The quantitative estimate of drug-likeness (QED) is 0.874. The molecular weight excluding hydrogens is 256 g/mol. The van der Waals surface area contributed by atoms with Gasteiger partial charge in [-0.25, -0.2) is 4.79 Å². The minimum absolute atomic E-state index is 0.00539. The van der Waals surface area contributed by atoms with E-state index < -0.39 is 0 Å². The Hall–Kier alpha value is -1.98. The minimum Gasteiger partial charge on any atom is -0.357 e. The van der Waals surface area contributed by atoms with Crippen molar-refractivity contribution in [1.29, 1.82) is 0 Å². The third-order valence-electron chi connectivity index (χ3n) is 3.42. The highest BCUT2D eigenvalue weighted by Gasteiger charge is 2.22. The van der Waals surface area contributed by atoms with E-state index in [2.05, 4.69) is 10.3 Å². The van der Waals surface area contributed by atoms with Gasteiger partial charge in [0.15, 0.2) is 0 Å². The third-order valence-corrected chi connectivity index (χ3v) is 3.42. The van der Waals surface area contributed by atoms with E-state index >= 15 is 0 Å². The van der Waals surface area contributed by atoms with Crippen LogP contribution in [0, 0.1) is 0 Å². The first kappa shape index (κ1) is 14.4. The summed E-state index contributed by atoms with van der Waals surface area (Å²) in [6.45, 7) is 5.28. The molecule has 2 N–H and O–H groups in total. The SMILES string of the molecule is CCCNC(=O)N1CCCN(C(=O)c2ccc[nH]2)CC1. The van der Waals surface area contributed by atoms with Gasteiger partial charge in [0.25, 0.3) is 5.91 Å². The molecule has 2 rings (SSSR count). The van der Waals surface area contributed by atoms with Gasteiger partial charge < -0.3 is 20.1 Å². The molecule has 20 heavy (non-hydrogen) atoms. The molecule has 1 aliphatic rings. The molecule has 0 saturated carbocycles. The van der Waals surface area contributed by atoms with Crippen LogP contribution in [0.1, 0.15) is 30.3 Å². The van der Waals surface area contributed by atoms with Crippen molar-refractivity contribution in [2.24, 2.45) is 0 Å². The standard InChI is InChI=1S/C14H22N4O2/c1-2-6-16-14(20)18-9-4-8-17(10-11-18)13(19)12-5-3-7-15-12/h3,5,7,15H,2,4,6,8-11H2,1H3,(H,16,20). The Kier molecular flexibility index (Phi) is 5.03. The Balaban J connectivity index is 1.89.